The summed E-state index contributed by atoms with van der Waals surface area (Å²) in [7, 11) is -3.26. The lowest BCUT2D eigenvalue weighted by molar-refractivity contribution is -0.116. The first-order valence-corrected chi connectivity index (χ1v) is 11.1. The molecule has 1 N–H and O–H groups in total. The Morgan fingerprint density at radius 3 is 2.38 bits per heavy atom. The third-order valence-corrected chi connectivity index (χ3v) is 6.41. The van der Waals surface area contributed by atoms with Crippen LogP contribution in [0.25, 0.3) is 0 Å². The Labute approximate surface area is 157 Å². The molecule has 1 aromatic carbocycles. The summed E-state index contributed by atoms with van der Waals surface area (Å²) in [5.41, 5.74) is 1.97. The summed E-state index contributed by atoms with van der Waals surface area (Å²) < 4.78 is 26.0. The van der Waals surface area contributed by atoms with E-state index in [9.17, 15) is 13.2 Å². The number of nitrogens with one attached hydrogen (secondary N) is 1. The van der Waals surface area contributed by atoms with Crippen LogP contribution in [0.15, 0.2) is 24.3 Å². The first-order chi connectivity index (χ1) is 12.3. The third-order valence-electron chi connectivity index (χ3n) is 4.82. The molecule has 1 aliphatic heterocycles. The van der Waals surface area contributed by atoms with Gasteiger partial charge in [0.25, 0.3) is 0 Å². The van der Waals surface area contributed by atoms with Crippen molar-refractivity contribution >= 4 is 27.3 Å². The maximum Gasteiger partial charge on any atom is 0.223 e. The summed E-state index contributed by atoms with van der Waals surface area (Å²) in [6.07, 6.45) is 2.99. The first-order valence-electron chi connectivity index (χ1n) is 9.43. The molecule has 26 heavy (non-hydrogen) atoms. The summed E-state index contributed by atoms with van der Waals surface area (Å²) in [6.45, 7) is 8.28. The van der Waals surface area contributed by atoms with Crippen LogP contribution in [-0.2, 0) is 14.8 Å². The predicted octanol–water partition coefficient (Wildman–Crippen LogP) is 2.61. The largest absolute Gasteiger partial charge is 0.372 e. The van der Waals surface area contributed by atoms with Crippen LogP contribution in [0.4, 0.5) is 11.4 Å². The highest BCUT2D eigenvalue weighted by Gasteiger charge is 2.17. The summed E-state index contributed by atoms with van der Waals surface area (Å²) >= 11 is 0. The number of benzene rings is 1. The average Bonchev–Trinajstić information content (AvgIpc) is 2.59. The van der Waals surface area contributed by atoms with Crippen LogP contribution in [0.5, 0.6) is 0 Å². The van der Waals surface area contributed by atoms with Crippen LogP contribution in [0, 0.1) is 5.92 Å². The minimum Gasteiger partial charge on any atom is -0.372 e. The highest BCUT2D eigenvalue weighted by Crippen LogP contribution is 2.25. The van der Waals surface area contributed by atoms with Crippen molar-refractivity contribution in [2.45, 2.75) is 40.0 Å². The van der Waals surface area contributed by atoms with Crippen molar-refractivity contribution in [2.75, 3.05) is 41.7 Å². The second-order valence-corrected chi connectivity index (χ2v) is 9.00. The molecule has 6 nitrogen and oxygen atoms in total. The van der Waals surface area contributed by atoms with Gasteiger partial charge in [0, 0.05) is 44.5 Å². The Morgan fingerprint density at radius 2 is 1.85 bits per heavy atom. The Balaban J connectivity index is 1.98. The van der Waals surface area contributed by atoms with Crippen LogP contribution < -0.4 is 14.5 Å². The highest BCUT2D eigenvalue weighted by molar-refractivity contribution is 7.89. The molecule has 1 heterocycles. The van der Waals surface area contributed by atoms with Crippen molar-refractivity contribution in [3.63, 3.8) is 0 Å². The van der Waals surface area contributed by atoms with E-state index < -0.39 is 10.0 Å². The van der Waals surface area contributed by atoms with E-state index in [0.717, 1.165) is 24.7 Å². The fourth-order valence-electron chi connectivity index (χ4n) is 3.23. The molecule has 0 saturated carbocycles. The van der Waals surface area contributed by atoms with Crippen molar-refractivity contribution in [3.8, 4) is 0 Å². The Kier molecular flexibility index (Phi) is 7.46. The fourth-order valence-corrected chi connectivity index (χ4v) is 4.32. The normalized spacial score (nSPS) is 15.9. The van der Waals surface area contributed by atoms with Gasteiger partial charge in [-0.25, -0.2) is 13.1 Å². The van der Waals surface area contributed by atoms with E-state index in [2.05, 4.69) is 16.5 Å². The van der Waals surface area contributed by atoms with Crippen molar-refractivity contribution in [1.29, 1.82) is 0 Å². The molecule has 1 aliphatic rings. The number of carbonyl (C=O) groups is 1. The van der Waals surface area contributed by atoms with Crippen molar-refractivity contribution in [3.05, 3.63) is 24.3 Å². The van der Waals surface area contributed by atoms with Crippen molar-refractivity contribution in [2.24, 2.45) is 5.92 Å². The fraction of sp³-hybridized carbons (Fsp3) is 0.632. The van der Waals surface area contributed by atoms with E-state index in [1.165, 1.54) is 25.5 Å². The molecule has 1 fully saturated rings. The maximum atomic E-state index is 12.0. The molecule has 1 saturated heterocycles. The number of rotatable bonds is 8. The molecular weight excluding hydrogens is 350 g/mol. The van der Waals surface area contributed by atoms with Crippen LogP contribution >= 0.6 is 0 Å². The zero-order valence-electron chi connectivity index (χ0n) is 16.1. The molecular formula is C19H31N3O3S. The number of sulfonamides is 1. The average molecular weight is 382 g/mol. The smallest absolute Gasteiger partial charge is 0.223 e. The van der Waals surface area contributed by atoms with Gasteiger partial charge in [0.2, 0.25) is 15.9 Å². The molecule has 2 rings (SSSR count). The molecule has 0 aromatic heterocycles. The minimum absolute atomic E-state index is 0.0979. The number of amides is 1. The maximum absolute atomic E-state index is 12.0. The van der Waals surface area contributed by atoms with Gasteiger partial charge in [0.15, 0.2) is 0 Å². The number of carbonyl (C=O) groups excluding carboxylic acids is 1. The van der Waals surface area contributed by atoms with E-state index in [1.807, 2.05) is 31.2 Å². The number of anilines is 2. The van der Waals surface area contributed by atoms with Gasteiger partial charge in [-0.05, 0) is 49.4 Å². The van der Waals surface area contributed by atoms with Gasteiger partial charge in [0.05, 0.1) is 5.75 Å². The molecule has 1 aromatic rings. The zero-order valence-corrected chi connectivity index (χ0v) is 16.9. The van der Waals surface area contributed by atoms with E-state index in [4.69, 9.17) is 0 Å². The molecule has 0 radical (unpaired) electrons. The Bertz CT molecular complexity index is 680. The lowest BCUT2D eigenvalue weighted by Crippen LogP contribution is -2.38. The minimum atomic E-state index is -3.26. The molecule has 0 unspecified atom stereocenters. The van der Waals surface area contributed by atoms with E-state index >= 15 is 0 Å². The molecule has 0 aliphatic carbocycles. The monoisotopic (exact) mass is 381 g/mol. The molecule has 7 heteroatoms. The number of piperidine rings is 1. The number of nitrogens with zero attached hydrogens (tertiary/aromatic N) is 2. The van der Waals surface area contributed by atoms with Gasteiger partial charge >= 0.3 is 0 Å². The van der Waals surface area contributed by atoms with Gasteiger partial charge in [-0.1, -0.05) is 13.8 Å². The Hall–Kier alpha value is -1.60. The summed E-state index contributed by atoms with van der Waals surface area (Å²) in [5, 5.41) is 0. The molecule has 1 amide bonds. The van der Waals surface area contributed by atoms with Crippen LogP contribution in [0.2, 0.25) is 0 Å². The summed E-state index contributed by atoms with van der Waals surface area (Å²) in [5.74, 6) is 0.797. The number of hydrogen-bond acceptors (Lipinski definition) is 4. The van der Waals surface area contributed by atoms with E-state index in [-0.39, 0.29) is 18.2 Å². The molecule has 0 atom stereocenters. The van der Waals surface area contributed by atoms with Gasteiger partial charge in [-0.2, -0.15) is 0 Å². The first kappa shape index (κ1) is 20.7. The lowest BCUT2D eigenvalue weighted by atomic mass is 9.99. The van der Waals surface area contributed by atoms with E-state index in [0.29, 0.717) is 13.0 Å². The van der Waals surface area contributed by atoms with Crippen molar-refractivity contribution in [1.82, 2.24) is 4.72 Å². The SMILES string of the molecule is CCCS(=O)(=O)NCCN(C(C)=O)c1ccc(N2CCC(C)CC2)cc1. The van der Waals surface area contributed by atoms with Crippen LogP contribution in [-0.4, -0.2) is 46.3 Å². The van der Waals surface area contributed by atoms with E-state index in [1.54, 1.807) is 4.90 Å². The Morgan fingerprint density at radius 1 is 1.23 bits per heavy atom. The van der Waals surface area contributed by atoms with Crippen LogP contribution in [0.1, 0.15) is 40.0 Å². The second-order valence-electron chi connectivity index (χ2n) is 7.07. The van der Waals surface area contributed by atoms with Gasteiger partial charge in [-0.15, -0.1) is 0 Å². The van der Waals surface area contributed by atoms with Gasteiger partial charge < -0.3 is 9.80 Å². The van der Waals surface area contributed by atoms with Crippen molar-refractivity contribution < 1.29 is 13.2 Å². The quantitative estimate of drug-likeness (QED) is 0.751. The highest BCUT2D eigenvalue weighted by atomic mass is 32.2. The zero-order chi connectivity index (χ0) is 19.2. The number of hydrogen-bond donors (Lipinski definition) is 1. The third kappa shape index (κ3) is 5.99. The standard InChI is InChI=1S/C19H31N3O3S/c1-4-15-26(24,25)20-11-14-22(17(3)23)19-7-5-18(6-8-19)21-12-9-16(2)10-13-21/h5-8,16,20H,4,9-15H2,1-3H3. The predicted molar refractivity (Wildman–Crippen MR) is 107 cm³/mol. The molecule has 0 spiro atoms. The summed E-state index contributed by atoms with van der Waals surface area (Å²) in [6, 6.07) is 7.97. The topological polar surface area (TPSA) is 69.7 Å². The summed E-state index contributed by atoms with van der Waals surface area (Å²) in [4.78, 5) is 16.0. The molecule has 146 valence electrons. The van der Waals surface area contributed by atoms with Crippen LogP contribution in [0.3, 0.4) is 0 Å². The van der Waals surface area contributed by atoms with Gasteiger partial charge in [-0.3, -0.25) is 4.79 Å². The molecule has 0 bridgehead atoms. The van der Waals surface area contributed by atoms with Gasteiger partial charge in [0.1, 0.15) is 0 Å². The lowest BCUT2D eigenvalue weighted by Gasteiger charge is -2.32. The second kappa shape index (κ2) is 9.37.